The van der Waals surface area contributed by atoms with Crippen LogP contribution in [0.2, 0.25) is 0 Å². The summed E-state index contributed by atoms with van der Waals surface area (Å²) in [5, 5.41) is 0. The zero-order valence-corrected chi connectivity index (χ0v) is 48.0. The first-order valence-electron chi connectivity index (χ1n) is 30.7. The van der Waals surface area contributed by atoms with Gasteiger partial charge in [0.15, 0.2) is 0 Å². The number of carbonyl (C=O) groups is 3. The molecule has 0 radical (unpaired) electrons. The van der Waals surface area contributed by atoms with Gasteiger partial charge >= 0.3 is 18.1 Å². The molecule has 0 aliphatic carbocycles. The number of rotatable bonds is 55. The van der Waals surface area contributed by atoms with Gasteiger partial charge in [-0.3, -0.25) is 14.5 Å². The van der Waals surface area contributed by atoms with Gasteiger partial charge in [-0.1, -0.05) is 187 Å². The fourth-order valence-corrected chi connectivity index (χ4v) is 9.14. The van der Waals surface area contributed by atoms with Gasteiger partial charge in [-0.25, -0.2) is 4.79 Å². The van der Waals surface area contributed by atoms with Crippen LogP contribution in [-0.4, -0.2) is 92.6 Å². The van der Waals surface area contributed by atoms with Crippen molar-refractivity contribution in [3.63, 3.8) is 0 Å². The normalized spacial score (nSPS) is 12.3. The third-order valence-corrected chi connectivity index (χ3v) is 14.1. The molecule has 0 heterocycles. The van der Waals surface area contributed by atoms with E-state index in [1.807, 2.05) is 0 Å². The highest BCUT2D eigenvalue weighted by Crippen LogP contribution is 2.18. The Morgan fingerprint density at radius 3 is 1.15 bits per heavy atom. The fourth-order valence-electron chi connectivity index (χ4n) is 9.14. The molecule has 9 nitrogen and oxygen atoms in total. The maximum atomic E-state index is 12.9. The zero-order valence-electron chi connectivity index (χ0n) is 48.0. The number of likely N-dealkylation sites (N-methyl/N-ethyl adjacent to an activating group) is 1. The summed E-state index contributed by atoms with van der Waals surface area (Å²) in [6.07, 6.45) is 52.7. The molecule has 0 saturated heterocycles. The Bertz CT molecular complexity index is 1200. The summed E-state index contributed by atoms with van der Waals surface area (Å²) in [5.41, 5.74) is 0. The Hall–Kier alpha value is -2.39. The molecule has 0 saturated carbocycles. The van der Waals surface area contributed by atoms with Crippen LogP contribution in [-0.2, 0) is 28.5 Å². The minimum atomic E-state index is -0.575. The second-order valence-corrected chi connectivity index (χ2v) is 20.9. The lowest BCUT2D eigenvalue weighted by Gasteiger charge is -2.29. The lowest BCUT2D eigenvalue weighted by molar-refractivity contribution is -0.144. The van der Waals surface area contributed by atoms with Crippen LogP contribution in [0.25, 0.3) is 0 Å². The van der Waals surface area contributed by atoms with E-state index in [0.717, 1.165) is 116 Å². The Morgan fingerprint density at radius 2 is 0.761 bits per heavy atom. The minimum Gasteiger partial charge on any atom is -0.466 e. The topological polar surface area (TPSA) is 94.6 Å². The molecule has 0 aliphatic heterocycles. The first-order valence-corrected chi connectivity index (χ1v) is 30.7. The molecule has 0 bridgehead atoms. The third kappa shape index (κ3) is 50.9. The van der Waals surface area contributed by atoms with Crippen molar-refractivity contribution in [1.29, 1.82) is 0 Å². The third-order valence-electron chi connectivity index (χ3n) is 14.1. The van der Waals surface area contributed by atoms with Crippen LogP contribution in [0.15, 0.2) is 24.3 Å². The van der Waals surface area contributed by atoms with E-state index in [9.17, 15) is 14.4 Å². The van der Waals surface area contributed by atoms with Gasteiger partial charge < -0.3 is 23.8 Å². The lowest BCUT2D eigenvalue weighted by atomic mass is 10.0. The molecule has 0 fully saturated rings. The Kier molecular flexibility index (Phi) is 53.5. The smallest absolute Gasteiger partial charge is 0.466 e. The Morgan fingerprint density at radius 1 is 0.394 bits per heavy atom. The molecular weight excluding hydrogens is 885 g/mol. The van der Waals surface area contributed by atoms with E-state index in [1.165, 1.54) is 148 Å². The number of nitrogens with zero attached hydrogens (tertiary/aromatic N) is 2. The minimum absolute atomic E-state index is 0.0717. The van der Waals surface area contributed by atoms with Crippen molar-refractivity contribution in [3.05, 3.63) is 24.3 Å². The summed E-state index contributed by atoms with van der Waals surface area (Å²) in [5.74, 6) is -0.144. The van der Waals surface area contributed by atoms with Crippen molar-refractivity contribution < 1.29 is 33.3 Å². The summed E-state index contributed by atoms with van der Waals surface area (Å²) >= 11 is 0. The van der Waals surface area contributed by atoms with Crippen molar-refractivity contribution in [3.8, 4) is 0 Å². The van der Waals surface area contributed by atoms with Crippen LogP contribution >= 0.6 is 0 Å². The van der Waals surface area contributed by atoms with Crippen LogP contribution in [0.4, 0.5) is 4.79 Å². The molecule has 71 heavy (non-hydrogen) atoms. The van der Waals surface area contributed by atoms with Crippen LogP contribution in [0.3, 0.4) is 0 Å². The van der Waals surface area contributed by atoms with Gasteiger partial charge in [0.05, 0.1) is 13.2 Å². The molecule has 1 atom stereocenters. The number of esters is 2. The van der Waals surface area contributed by atoms with Gasteiger partial charge in [-0.05, 0) is 130 Å². The molecule has 0 N–H and O–H groups in total. The number of carbonyl (C=O) groups excluding carboxylic acids is 3. The first-order chi connectivity index (χ1) is 34.8. The number of allylic oxidation sites excluding steroid dienone is 4. The van der Waals surface area contributed by atoms with Gasteiger partial charge in [0.25, 0.3) is 0 Å². The monoisotopic (exact) mass is 1000 g/mol. The summed E-state index contributed by atoms with van der Waals surface area (Å²) < 4.78 is 22.6. The van der Waals surface area contributed by atoms with Gasteiger partial charge in [0, 0.05) is 38.5 Å². The quantitative estimate of drug-likeness (QED) is 0.0255. The van der Waals surface area contributed by atoms with Crippen molar-refractivity contribution >= 4 is 18.1 Å². The van der Waals surface area contributed by atoms with E-state index >= 15 is 0 Å². The number of hydrogen-bond donors (Lipinski definition) is 0. The summed E-state index contributed by atoms with van der Waals surface area (Å²) in [7, 11) is 0. The molecule has 9 heteroatoms. The highest BCUT2D eigenvalue weighted by Gasteiger charge is 2.17. The molecular formula is C62H118N2O7. The molecule has 0 aromatic carbocycles. The first kappa shape index (κ1) is 68.6. The van der Waals surface area contributed by atoms with Crippen LogP contribution < -0.4 is 0 Å². The van der Waals surface area contributed by atoms with Crippen LogP contribution in [0.5, 0.6) is 0 Å². The maximum Gasteiger partial charge on any atom is 0.508 e. The number of ether oxygens (including phenoxy) is 4. The average Bonchev–Trinajstić information content (AvgIpc) is 3.36. The van der Waals surface area contributed by atoms with Gasteiger partial charge in [-0.15, -0.1) is 0 Å². The van der Waals surface area contributed by atoms with E-state index in [1.54, 1.807) is 0 Å². The standard InChI is InChI=1S/C62H118N2O7/c1-7-11-13-15-17-19-21-23-25-27-29-31-33-35-37-45-51-61(66)69-56-47-41-39-43-49-59(71-62(67)70-57-54-64(58(5)6)53-52-63(9-3)10-4)48-42-38-40-46-55-68-60(65)50-44-36-34-32-30-28-26-24-22-20-18-16-14-12-8-2/h24-27,58-59H,7-23,28-57H2,1-6H3/b26-24-,27-25-. The Labute approximate surface area is 440 Å². The highest BCUT2D eigenvalue weighted by atomic mass is 16.7. The summed E-state index contributed by atoms with van der Waals surface area (Å²) in [6, 6.07) is 0.365. The lowest BCUT2D eigenvalue weighted by Crippen LogP contribution is -2.40. The van der Waals surface area contributed by atoms with Gasteiger partial charge in [0.2, 0.25) is 0 Å². The van der Waals surface area contributed by atoms with Crippen molar-refractivity contribution in [1.82, 2.24) is 9.80 Å². The SMILES string of the molecule is CCCCCCCC/C=C\CCCCCCCC(=O)OCCCCCCC(CCCCCCOC(=O)CCCCCCC/C=C\CCCCCCCCC)OC(=O)OCCN(CCN(CC)CC)C(C)C. The highest BCUT2D eigenvalue weighted by molar-refractivity contribution is 5.69. The maximum absolute atomic E-state index is 12.9. The second-order valence-electron chi connectivity index (χ2n) is 20.9. The fraction of sp³-hybridized carbons (Fsp3) is 0.887. The van der Waals surface area contributed by atoms with Gasteiger partial charge in [0.1, 0.15) is 12.7 Å². The number of unbranched alkanes of at least 4 members (excludes halogenated alkanes) is 29. The molecule has 0 aromatic heterocycles. The van der Waals surface area contributed by atoms with E-state index in [0.29, 0.717) is 45.2 Å². The summed E-state index contributed by atoms with van der Waals surface area (Å²) in [6.45, 7) is 19.3. The molecule has 1 unspecified atom stereocenters. The van der Waals surface area contributed by atoms with Crippen molar-refractivity contribution in [2.24, 2.45) is 0 Å². The molecule has 0 rings (SSSR count). The zero-order chi connectivity index (χ0) is 51.9. The second kappa shape index (κ2) is 55.4. The molecule has 0 amide bonds. The largest absolute Gasteiger partial charge is 0.508 e. The average molecular weight is 1000 g/mol. The molecule has 0 spiro atoms. The van der Waals surface area contributed by atoms with Gasteiger partial charge in [-0.2, -0.15) is 0 Å². The molecule has 0 aromatic rings. The van der Waals surface area contributed by atoms with E-state index in [4.69, 9.17) is 18.9 Å². The predicted molar refractivity (Wildman–Crippen MR) is 302 cm³/mol. The Balaban J connectivity index is 4.35. The molecule has 0 aliphatic rings. The van der Waals surface area contributed by atoms with Crippen molar-refractivity contribution in [2.45, 2.75) is 304 Å². The van der Waals surface area contributed by atoms with E-state index < -0.39 is 6.16 Å². The van der Waals surface area contributed by atoms with Crippen LogP contribution in [0, 0.1) is 0 Å². The summed E-state index contributed by atoms with van der Waals surface area (Å²) in [4.78, 5) is 42.3. The molecule has 418 valence electrons. The van der Waals surface area contributed by atoms with Crippen LogP contribution in [0.1, 0.15) is 292 Å². The van der Waals surface area contributed by atoms with E-state index in [-0.39, 0.29) is 18.0 Å². The van der Waals surface area contributed by atoms with Crippen molar-refractivity contribution in [2.75, 3.05) is 52.5 Å². The predicted octanol–water partition coefficient (Wildman–Crippen LogP) is 18.0. The number of hydrogen-bond acceptors (Lipinski definition) is 9. The van der Waals surface area contributed by atoms with E-state index in [2.05, 4.69) is 75.6 Å².